The number of ether oxygens (including phenoxy) is 1. The van der Waals surface area contributed by atoms with Crippen LogP contribution in [0.25, 0.3) is 0 Å². The van der Waals surface area contributed by atoms with Crippen LogP contribution in [0.2, 0.25) is 0 Å². The van der Waals surface area contributed by atoms with Gasteiger partial charge < -0.3 is 9.30 Å². The minimum absolute atomic E-state index is 0.374. The summed E-state index contributed by atoms with van der Waals surface area (Å²) in [5, 5.41) is 0. The van der Waals surface area contributed by atoms with Gasteiger partial charge in [-0.05, 0) is 42.2 Å². The molecule has 3 rings (SSSR count). The average molecular weight is 362 g/mol. The smallest absolute Gasteiger partial charge is 0.175 e. The van der Waals surface area contributed by atoms with Crippen molar-refractivity contribution in [3.63, 3.8) is 0 Å². The highest BCUT2D eigenvalue weighted by molar-refractivity contribution is 7.90. The fourth-order valence-electron chi connectivity index (χ4n) is 3.45. The molecule has 2 heterocycles. The summed E-state index contributed by atoms with van der Waals surface area (Å²) in [6.45, 7) is 4.54. The molecule has 0 spiro atoms. The molecular weight excluding hydrogens is 336 g/mol. The fourth-order valence-corrected chi connectivity index (χ4v) is 4.08. The Morgan fingerprint density at radius 2 is 1.92 bits per heavy atom. The summed E-state index contributed by atoms with van der Waals surface area (Å²) in [5.41, 5.74) is 2.46. The van der Waals surface area contributed by atoms with Gasteiger partial charge in [-0.25, -0.2) is 8.42 Å². The minimum Gasteiger partial charge on any atom is -0.385 e. The lowest BCUT2D eigenvalue weighted by Crippen LogP contribution is -2.28. The Labute approximate surface area is 150 Å². The van der Waals surface area contributed by atoms with Crippen LogP contribution in [0.5, 0.6) is 0 Å². The minimum atomic E-state index is -3.14. The van der Waals surface area contributed by atoms with Gasteiger partial charge in [0.2, 0.25) is 0 Å². The van der Waals surface area contributed by atoms with Crippen LogP contribution in [0.1, 0.15) is 17.7 Å². The van der Waals surface area contributed by atoms with Crippen molar-refractivity contribution >= 4 is 9.84 Å². The number of benzene rings is 1. The molecule has 0 fully saturated rings. The molecule has 2 aromatic rings. The summed E-state index contributed by atoms with van der Waals surface area (Å²) in [5.74, 6) is 0.545. The highest BCUT2D eigenvalue weighted by Crippen LogP contribution is 2.21. The number of hydrogen-bond acceptors (Lipinski definition) is 4. The molecule has 1 aromatic heterocycles. The maximum Gasteiger partial charge on any atom is 0.175 e. The second-order valence-electron chi connectivity index (χ2n) is 6.89. The third-order valence-electron chi connectivity index (χ3n) is 4.77. The molecule has 0 aliphatic carbocycles. The Kier molecular flexibility index (Phi) is 5.61. The van der Waals surface area contributed by atoms with Gasteiger partial charge in [0.05, 0.1) is 4.90 Å². The van der Waals surface area contributed by atoms with Crippen molar-refractivity contribution in [3.8, 4) is 0 Å². The largest absolute Gasteiger partial charge is 0.385 e. The fraction of sp³-hybridized carbons (Fsp3) is 0.474. The van der Waals surface area contributed by atoms with Crippen LogP contribution in [0, 0.1) is 5.92 Å². The number of fused-ring (bicyclic) bond motifs is 1. The van der Waals surface area contributed by atoms with Gasteiger partial charge in [-0.1, -0.05) is 12.1 Å². The Bertz CT molecular complexity index is 796. The highest BCUT2D eigenvalue weighted by atomic mass is 32.2. The third kappa shape index (κ3) is 4.71. The van der Waals surface area contributed by atoms with Gasteiger partial charge in [-0.3, -0.25) is 4.90 Å². The van der Waals surface area contributed by atoms with Crippen LogP contribution < -0.4 is 0 Å². The maximum atomic E-state index is 11.6. The van der Waals surface area contributed by atoms with Crippen molar-refractivity contribution in [1.29, 1.82) is 0 Å². The summed E-state index contributed by atoms with van der Waals surface area (Å²) in [6.07, 6.45) is 4.43. The molecule has 6 heteroatoms. The zero-order valence-corrected chi connectivity index (χ0v) is 15.7. The van der Waals surface area contributed by atoms with E-state index in [9.17, 15) is 8.42 Å². The summed E-state index contributed by atoms with van der Waals surface area (Å²) in [6, 6.07) is 11.5. The van der Waals surface area contributed by atoms with E-state index in [2.05, 4.69) is 27.8 Å². The van der Waals surface area contributed by atoms with E-state index in [1.54, 1.807) is 19.2 Å². The molecule has 1 unspecified atom stereocenters. The number of hydrogen-bond donors (Lipinski definition) is 0. The SMILES string of the molecule is COCCC1CN(Cc2ccc(S(C)(=O)=O)cc2)Cc2cccn2C1. The van der Waals surface area contributed by atoms with Gasteiger partial charge >= 0.3 is 0 Å². The van der Waals surface area contributed by atoms with Gasteiger partial charge in [0.1, 0.15) is 0 Å². The highest BCUT2D eigenvalue weighted by Gasteiger charge is 2.21. The van der Waals surface area contributed by atoms with Gasteiger partial charge in [0, 0.05) is 58.0 Å². The van der Waals surface area contributed by atoms with Crippen molar-refractivity contribution in [1.82, 2.24) is 9.47 Å². The molecule has 0 radical (unpaired) electrons. The first-order chi connectivity index (χ1) is 12.0. The zero-order valence-electron chi connectivity index (χ0n) is 14.9. The van der Waals surface area contributed by atoms with E-state index in [0.29, 0.717) is 10.8 Å². The molecule has 1 aliphatic heterocycles. The lowest BCUT2D eigenvalue weighted by molar-refractivity contribution is 0.151. The van der Waals surface area contributed by atoms with E-state index in [4.69, 9.17) is 4.74 Å². The molecule has 0 bridgehead atoms. The first-order valence-electron chi connectivity index (χ1n) is 8.60. The van der Waals surface area contributed by atoms with Crippen molar-refractivity contribution in [2.45, 2.75) is 31.0 Å². The Hall–Kier alpha value is -1.63. The van der Waals surface area contributed by atoms with Crippen LogP contribution in [0.15, 0.2) is 47.5 Å². The van der Waals surface area contributed by atoms with E-state index in [1.807, 2.05) is 12.1 Å². The molecule has 1 aromatic carbocycles. The van der Waals surface area contributed by atoms with Gasteiger partial charge in [0.15, 0.2) is 9.84 Å². The molecule has 25 heavy (non-hydrogen) atoms. The Morgan fingerprint density at radius 3 is 2.60 bits per heavy atom. The summed E-state index contributed by atoms with van der Waals surface area (Å²) in [4.78, 5) is 2.81. The quantitative estimate of drug-likeness (QED) is 0.792. The van der Waals surface area contributed by atoms with Crippen molar-refractivity contribution in [2.75, 3.05) is 26.5 Å². The van der Waals surface area contributed by atoms with E-state index in [0.717, 1.165) is 44.8 Å². The molecule has 0 saturated heterocycles. The van der Waals surface area contributed by atoms with Gasteiger partial charge in [-0.2, -0.15) is 0 Å². The molecular formula is C19H26N2O3S. The first kappa shape index (κ1) is 18.2. The van der Waals surface area contributed by atoms with Crippen molar-refractivity contribution < 1.29 is 13.2 Å². The van der Waals surface area contributed by atoms with Gasteiger partial charge in [-0.15, -0.1) is 0 Å². The normalized spacial score (nSPS) is 18.7. The number of methoxy groups -OCH3 is 1. The van der Waals surface area contributed by atoms with E-state index >= 15 is 0 Å². The summed E-state index contributed by atoms with van der Waals surface area (Å²) < 4.78 is 30.8. The van der Waals surface area contributed by atoms with E-state index < -0.39 is 9.84 Å². The second-order valence-corrected chi connectivity index (χ2v) is 8.90. The molecule has 136 valence electrons. The lowest BCUT2D eigenvalue weighted by Gasteiger charge is -2.24. The monoisotopic (exact) mass is 362 g/mol. The van der Waals surface area contributed by atoms with Crippen LogP contribution in [0.3, 0.4) is 0 Å². The summed E-state index contributed by atoms with van der Waals surface area (Å²) in [7, 11) is -1.39. The molecule has 0 saturated carbocycles. The van der Waals surface area contributed by atoms with Crippen LogP contribution in [0.4, 0.5) is 0 Å². The standard InChI is InChI=1S/C19H26N2O3S/c1-24-11-9-17-13-20(15-18-4-3-10-21(18)14-17)12-16-5-7-19(8-6-16)25(2,22)23/h3-8,10,17H,9,11-15H2,1-2H3. The van der Waals surface area contributed by atoms with Crippen LogP contribution >= 0.6 is 0 Å². The van der Waals surface area contributed by atoms with E-state index in [-0.39, 0.29) is 0 Å². The number of sulfone groups is 1. The van der Waals surface area contributed by atoms with Crippen molar-refractivity contribution in [3.05, 3.63) is 53.9 Å². The number of nitrogens with zero attached hydrogens (tertiary/aromatic N) is 2. The summed E-state index contributed by atoms with van der Waals surface area (Å²) >= 11 is 0. The van der Waals surface area contributed by atoms with Gasteiger partial charge in [0.25, 0.3) is 0 Å². The van der Waals surface area contributed by atoms with Crippen LogP contribution in [-0.2, 0) is 34.2 Å². The second kappa shape index (κ2) is 7.72. The zero-order chi connectivity index (χ0) is 17.9. The Morgan fingerprint density at radius 1 is 1.16 bits per heavy atom. The lowest BCUT2D eigenvalue weighted by atomic mass is 10.1. The maximum absolute atomic E-state index is 11.6. The topological polar surface area (TPSA) is 51.5 Å². The predicted octanol–water partition coefficient (Wildman–Crippen LogP) is 2.56. The average Bonchev–Trinajstić information content (AvgIpc) is 2.92. The number of aromatic nitrogens is 1. The van der Waals surface area contributed by atoms with Crippen LogP contribution in [-0.4, -0.2) is 44.4 Å². The van der Waals surface area contributed by atoms with Crippen molar-refractivity contribution in [2.24, 2.45) is 5.92 Å². The molecule has 1 aliphatic rings. The van der Waals surface area contributed by atoms with E-state index in [1.165, 1.54) is 11.9 Å². The third-order valence-corrected chi connectivity index (χ3v) is 5.90. The molecule has 1 atom stereocenters. The molecule has 0 amide bonds. The molecule has 0 N–H and O–H groups in total. The first-order valence-corrected chi connectivity index (χ1v) is 10.5. The number of rotatable bonds is 6. The Balaban J connectivity index is 1.74. The molecule has 5 nitrogen and oxygen atoms in total. The predicted molar refractivity (Wildman–Crippen MR) is 98.1 cm³/mol.